The van der Waals surface area contributed by atoms with Crippen LogP contribution in [0.15, 0.2) is 23.2 Å². The van der Waals surface area contributed by atoms with Crippen LogP contribution in [0.2, 0.25) is 0 Å². The van der Waals surface area contributed by atoms with E-state index in [9.17, 15) is 5.11 Å². The number of guanidine groups is 1. The number of methoxy groups -OCH3 is 2. The fourth-order valence-corrected chi connectivity index (χ4v) is 4.38. The van der Waals surface area contributed by atoms with E-state index >= 15 is 0 Å². The Morgan fingerprint density at radius 3 is 2.61 bits per heavy atom. The molecule has 1 aromatic rings. The van der Waals surface area contributed by atoms with E-state index in [1.54, 1.807) is 14.2 Å². The van der Waals surface area contributed by atoms with Crippen LogP contribution >= 0.6 is 0 Å². The number of aliphatic hydroxyl groups excluding tert-OH is 1. The molecule has 0 spiro atoms. The van der Waals surface area contributed by atoms with Gasteiger partial charge in [0.15, 0.2) is 17.5 Å². The van der Waals surface area contributed by atoms with Gasteiger partial charge >= 0.3 is 0 Å². The predicted molar refractivity (Wildman–Crippen MR) is 122 cm³/mol. The Bertz CT molecular complexity index is 709. The minimum absolute atomic E-state index is 0.108. The van der Waals surface area contributed by atoms with Crippen LogP contribution in [0.3, 0.4) is 0 Å². The molecule has 1 aromatic carbocycles. The average Bonchev–Trinajstić information content (AvgIpc) is 3.22. The Kier molecular flexibility index (Phi) is 9.24. The third-order valence-corrected chi connectivity index (χ3v) is 6.20. The second-order valence-electron chi connectivity index (χ2n) is 8.14. The molecular weight excluding hydrogens is 396 g/mol. The van der Waals surface area contributed by atoms with Crippen LogP contribution in [0.5, 0.6) is 11.5 Å². The lowest BCUT2D eigenvalue weighted by atomic mass is 10.0. The van der Waals surface area contributed by atoms with Crippen molar-refractivity contribution in [2.75, 3.05) is 60.2 Å². The zero-order chi connectivity index (χ0) is 22.1. The molecule has 31 heavy (non-hydrogen) atoms. The summed E-state index contributed by atoms with van der Waals surface area (Å²) in [5.41, 5.74) is 1.14. The Morgan fingerprint density at radius 1 is 1.19 bits per heavy atom. The third-order valence-electron chi connectivity index (χ3n) is 6.20. The molecule has 8 nitrogen and oxygen atoms in total. The summed E-state index contributed by atoms with van der Waals surface area (Å²) in [6, 6.07) is 6.20. The Labute approximate surface area is 186 Å². The van der Waals surface area contributed by atoms with Gasteiger partial charge in [0, 0.05) is 32.1 Å². The number of hydrogen-bond acceptors (Lipinski definition) is 6. The van der Waals surface area contributed by atoms with E-state index in [4.69, 9.17) is 19.2 Å². The zero-order valence-electron chi connectivity index (χ0n) is 19.1. The average molecular weight is 435 g/mol. The molecule has 0 aromatic heterocycles. The van der Waals surface area contributed by atoms with Gasteiger partial charge in [-0.15, -0.1) is 0 Å². The highest BCUT2D eigenvalue weighted by Crippen LogP contribution is 2.32. The molecule has 0 bridgehead atoms. The zero-order valence-corrected chi connectivity index (χ0v) is 19.1. The third kappa shape index (κ3) is 6.48. The highest BCUT2D eigenvalue weighted by Gasteiger charge is 2.26. The van der Waals surface area contributed by atoms with Gasteiger partial charge in [0.1, 0.15) is 0 Å². The lowest BCUT2D eigenvalue weighted by Gasteiger charge is -2.34. The summed E-state index contributed by atoms with van der Waals surface area (Å²) in [4.78, 5) is 7.32. The molecule has 2 aliphatic rings. The largest absolute Gasteiger partial charge is 0.493 e. The summed E-state index contributed by atoms with van der Waals surface area (Å²) in [6.45, 7) is 7.40. The van der Waals surface area contributed by atoms with Gasteiger partial charge in [-0.3, -0.25) is 9.89 Å². The first-order valence-corrected chi connectivity index (χ1v) is 11.4. The number of rotatable bonds is 9. The van der Waals surface area contributed by atoms with Crippen LogP contribution in [-0.2, 0) is 4.74 Å². The lowest BCUT2D eigenvalue weighted by molar-refractivity contribution is 0.0179. The first kappa shape index (κ1) is 23.6. The first-order valence-electron chi connectivity index (χ1n) is 11.4. The SMILES string of the molecule is CCNC(=NCC(c1ccc(OC)c(OC)c1)N1CCOCC1)NCC1CCCC1O. The van der Waals surface area contributed by atoms with Crippen LogP contribution in [-0.4, -0.2) is 82.2 Å². The van der Waals surface area contributed by atoms with Gasteiger partial charge in [-0.05, 0) is 37.5 Å². The van der Waals surface area contributed by atoms with Gasteiger partial charge in [-0.25, -0.2) is 0 Å². The number of nitrogens with zero attached hydrogens (tertiary/aromatic N) is 2. The van der Waals surface area contributed by atoms with Crippen molar-refractivity contribution in [3.63, 3.8) is 0 Å². The summed E-state index contributed by atoms with van der Waals surface area (Å²) in [6.07, 6.45) is 2.86. The number of nitrogens with one attached hydrogen (secondary N) is 2. The maximum atomic E-state index is 10.1. The van der Waals surface area contributed by atoms with Crippen molar-refractivity contribution >= 4 is 5.96 Å². The Balaban J connectivity index is 1.76. The molecule has 1 saturated heterocycles. The van der Waals surface area contributed by atoms with E-state index in [-0.39, 0.29) is 12.1 Å². The normalized spacial score (nSPS) is 23.4. The van der Waals surface area contributed by atoms with Crippen LogP contribution in [0, 0.1) is 5.92 Å². The molecule has 0 radical (unpaired) electrons. The summed E-state index contributed by atoms with van der Waals surface area (Å²) in [5, 5.41) is 16.9. The standard InChI is InChI=1S/C23H38N4O4/c1-4-24-23(25-15-18-6-5-7-20(18)28)26-16-19(27-10-12-31-13-11-27)17-8-9-21(29-2)22(14-17)30-3/h8-9,14,18-20,28H,4-7,10-13,15-16H2,1-3H3,(H2,24,25,26). The molecule has 3 N–H and O–H groups in total. The maximum absolute atomic E-state index is 10.1. The number of ether oxygens (including phenoxy) is 3. The molecule has 3 unspecified atom stereocenters. The van der Waals surface area contributed by atoms with Crippen LogP contribution < -0.4 is 20.1 Å². The predicted octanol–water partition coefficient (Wildman–Crippen LogP) is 1.79. The number of hydrogen-bond donors (Lipinski definition) is 3. The van der Waals surface area contributed by atoms with E-state index in [0.717, 1.165) is 81.7 Å². The summed E-state index contributed by atoms with van der Waals surface area (Å²) in [5.74, 6) is 2.54. The molecule has 1 saturated carbocycles. The summed E-state index contributed by atoms with van der Waals surface area (Å²) >= 11 is 0. The van der Waals surface area contributed by atoms with E-state index in [1.165, 1.54) is 0 Å². The van der Waals surface area contributed by atoms with Crippen molar-refractivity contribution in [3.05, 3.63) is 23.8 Å². The van der Waals surface area contributed by atoms with Gasteiger partial charge in [0.05, 0.1) is 46.1 Å². The molecule has 3 atom stereocenters. The smallest absolute Gasteiger partial charge is 0.191 e. The molecule has 1 heterocycles. The molecule has 174 valence electrons. The quantitative estimate of drug-likeness (QED) is 0.403. The monoisotopic (exact) mass is 434 g/mol. The van der Waals surface area contributed by atoms with E-state index in [2.05, 4.69) is 28.5 Å². The van der Waals surface area contributed by atoms with Crippen molar-refractivity contribution < 1.29 is 19.3 Å². The van der Waals surface area contributed by atoms with E-state index < -0.39 is 0 Å². The van der Waals surface area contributed by atoms with Crippen molar-refractivity contribution in [2.45, 2.75) is 38.3 Å². The second-order valence-corrected chi connectivity index (χ2v) is 8.14. The van der Waals surface area contributed by atoms with Gasteiger partial charge in [-0.1, -0.05) is 12.5 Å². The topological polar surface area (TPSA) is 87.6 Å². The molecule has 2 fully saturated rings. The second kappa shape index (κ2) is 12.1. The molecular formula is C23H38N4O4. The Morgan fingerprint density at radius 2 is 1.97 bits per heavy atom. The fourth-order valence-electron chi connectivity index (χ4n) is 4.38. The first-order chi connectivity index (χ1) is 15.2. The highest BCUT2D eigenvalue weighted by molar-refractivity contribution is 5.79. The maximum Gasteiger partial charge on any atom is 0.191 e. The van der Waals surface area contributed by atoms with Crippen molar-refractivity contribution in [1.29, 1.82) is 0 Å². The minimum Gasteiger partial charge on any atom is -0.493 e. The van der Waals surface area contributed by atoms with E-state index in [1.807, 2.05) is 12.1 Å². The summed E-state index contributed by atoms with van der Waals surface area (Å²) in [7, 11) is 3.31. The number of aliphatic hydroxyl groups is 1. The minimum atomic E-state index is -0.205. The number of aliphatic imine (C=N–C) groups is 1. The molecule has 0 amide bonds. The lowest BCUT2D eigenvalue weighted by Crippen LogP contribution is -2.43. The molecule has 3 rings (SSSR count). The number of benzene rings is 1. The molecule has 8 heteroatoms. The fraction of sp³-hybridized carbons (Fsp3) is 0.696. The Hall–Kier alpha value is -2.03. The van der Waals surface area contributed by atoms with Gasteiger partial charge in [-0.2, -0.15) is 0 Å². The van der Waals surface area contributed by atoms with Gasteiger partial charge in [0.2, 0.25) is 0 Å². The van der Waals surface area contributed by atoms with E-state index in [0.29, 0.717) is 12.5 Å². The van der Waals surface area contributed by atoms with Crippen molar-refractivity contribution in [1.82, 2.24) is 15.5 Å². The van der Waals surface area contributed by atoms with Crippen LogP contribution in [0.4, 0.5) is 0 Å². The van der Waals surface area contributed by atoms with Gasteiger partial charge in [0.25, 0.3) is 0 Å². The summed E-state index contributed by atoms with van der Waals surface area (Å²) < 4.78 is 16.5. The van der Waals surface area contributed by atoms with Crippen molar-refractivity contribution in [2.24, 2.45) is 10.9 Å². The highest BCUT2D eigenvalue weighted by atomic mass is 16.5. The van der Waals surface area contributed by atoms with Gasteiger partial charge < -0.3 is 30.0 Å². The molecule has 1 aliphatic carbocycles. The van der Waals surface area contributed by atoms with Crippen molar-refractivity contribution in [3.8, 4) is 11.5 Å². The number of morpholine rings is 1. The van der Waals surface area contributed by atoms with Crippen LogP contribution in [0.25, 0.3) is 0 Å². The van der Waals surface area contributed by atoms with Crippen LogP contribution in [0.1, 0.15) is 37.8 Å². The molecule has 1 aliphatic heterocycles.